The molecule has 0 aromatic carbocycles. The van der Waals surface area contributed by atoms with Gasteiger partial charge >= 0.3 is 0 Å². The smallest absolute Gasteiger partial charge is 0.0753 e. The Balaban J connectivity index is 2.35. The van der Waals surface area contributed by atoms with Gasteiger partial charge < -0.3 is 10.1 Å². The molecule has 0 saturated carbocycles. The zero-order valence-corrected chi connectivity index (χ0v) is 13.2. The van der Waals surface area contributed by atoms with Gasteiger partial charge in [0.15, 0.2) is 0 Å². The van der Waals surface area contributed by atoms with Crippen LogP contribution in [0.3, 0.4) is 0 Å². The summed E-state index contributed by atoms with van der Waals surface area (Å²) in [4.78, 5) is 2.54. The van der Waals surface area contributed by atoms with Crippen LogP contribution in [0.15, 0.2) is 0 Å². The third kappa shape index (κ3) is 6.17. The zero-order chi connectivity index (χ0) is 13.8. The lowest BCUT2D eigenvalue weighted by atomic mass is 9.91. The van der Waals surface area contributed by atoms with E-state index in [4.69, 9.17) is 4.74 Å². The maximum atomic E-state index is 5.77. The Morgan fingerprint density at radius 2 is 2.00 bits per heavy atom. The third-order valence-electron chi connectivity index (χ3n) is 3.31. The van der Waals surface area contributed by atoms with Crippen LogP contribution in [0, 0.1) is 11.3 Å². The first-order valence-corrected chi connectivity index (χ1v) is 7.27. The molecule has 0 spiro atoms. The fourth-order valence-corrected chi connectivity index (χ4v) is 2.61. The lowest BCUT2D eigenvalue weighted by molar-refractivity contribution is -0.0925. The van der Waals surface area contributed by atoms with Gasteiger partial charge in [0.25, 0.3) is 0 Å². The highest BCUT2D eigenvalue weighted by Crippen LogP contribution is 2.22. The van der Waals surface area contributed by atoms with Crippen LogP contribution in [0.25, 0.3) is 0 Å². The highest BCUT2D eigenvalue weighted by atomic mass is 16.5. The Morgan fingerprint density at radius 3 is 2.56 bits per heavy atom. The first kappa shape index (κ1) is 15.9. The van der Waals surface area contributed by atoms with Crippen LogP contribution in [0.5, 0.6) is 0 Å². The standard InChI is InChI=1S/C15H32N2O/c1-13(2)9-16-10-14(3,4)11-17-7-8-18-15(5,6)12-17/h13,16H,7-12H2,1-6H3. The minimum Gasteiger partial charge on any atom is -0.373 e. The SMILES string of the molecule is CC(C)CNCC(C)(C)CN1CCOC(C)(C)C1. The predicted molar refractivity (Wildman–Crippen MR) is 78.0 cm³/mol. The topological polar surface area (TPSA) is 24.5 Å². The lowest BCUT2D eigenvalue weighted by Gasteiger charge is -2.41. The fourth-order valence-electron chi connectivity index (χ4n) is 2.61. The van der Waals surface area contributed by atoms with Crippen molar-refractivity contribution in [3.8, 4) is 0 Å². The Labute approximate surface area is 113 Å². The molecule has 1 fully saturated rings. The van der Waals surface area contributed by atoms with Crippen molar-refractivity contribution < 1.29 is 4.74 Å². The number of nitrogens with one attached hydrogen (secondary N) is 1. The van der Waals surface area contributed by atoms with Crippen LogP contribution in [0.2, 0.25) is 0 Å². The van der Waals surface area contributed by atoms with Gasteiger partial charge in [-0.3, -0.25) is 4.90 Å². The molecule has 0 aromatic heterocycles. The van der Waals surface area contributed by atoms with E-state index in [0.29, 0.717) is 5.41 Å². The van der Waals surface area contributed by atoms with E-state index in [1.54, 1.807) is 0 Å². The van der Waals surface area contributed by atoms with Gasteiger partial charge in [-0.15, -0.1) is 0 Å². The van der Waals surface area contributed by atoms with Crippen LogP contribution >= 0.6 is 0 Å². The second-order valence-corrected chi connectivity index (χ2v) is 7.51. The predicted octanol–water partition coefficient (Wildman–Crippen LogP) is 2.37. The van der Waals surface area contributed by atoms with Crippen LogP contribution < -0.4 is 5.32 Å². The van der Waals surface area contributed by atoms with Crippen molar-refractivity contribution in [1.29, 1.82) is 0 Å². The molecule has 0 bridgehead atoms. The maximum absolute atomic E-state index is 5.77. The van der Waals surface area contributed by atoms with Gasteiger partial charge in [-0.05, 0) is 31.7 Å². The second-order valence-electron chi connectivity index (χ2n) is 7.51. The van der Waals surface area contributed by atoms with Crippen molar-refractivity contribution in [3.05, 3.63) is 0 Å². The van der Waals surface area contributed by atoms with Gasteiger partial charge in [-0.25, -0.2) is 0 Å². The molecule has 0 radical (unpaired) electrons. The molecule has 1 N–H and O–H groups in total. The van der Waals surface area contributed by atoms with Crippen molar-refractivity contribution in [1.82, 2.24) is 10.2 Å². The summed E-state index contributed by atoms with van der Waals surface area (Å²) >= 11 is 0. The average molecular weight is 256 g/mol. The minimum atomic E-state index is 0.0136. The van der Waals surface area contributed by atoms with Crippen LogP contribution in [0.1, 0.15) is 41.5 Å². The highest BCUT2D eigenvalue weighted by molar-refractivity contribution is 4.84. The van der Waals surface area contributed by atoms with Crippen molar-refractivity contribution in [3.63, 3.8) is 0 Å². The van der Waals surface area contributed by atoms with Crippen LogP contribution in [-0.2, 0) is 4.74 Å². The largest absolute Gasteiger partial charge is 0.373 e. The highest BCUT2D eigenvalue weighted by Gasteiger charge is 2.30. The van der Waals surface area contributed by atoms with E-state index in [1.807, 2.05) is 0 Å². The average Bonchev–Trinajstić information content (AvgIpc) is 2.13. The summed E-state index contributed by atoms with van der Waals surface area (Å²) in [6.45, 7) is 19.9. The van der Waals surface area contributed by atoms with Crippen LogP contribution in [-0.4, -0.2) is 49.8 Å². The molecule has 1 saturated heterocycles. The van der Waals surface area contributed by atoms with Gasteiger partial charge in [-0.1, -0.05) is 27.7 Å². The molecule has 108 valence electrons. The van der Waals surface area contributed by atoms with E-state index in [9.17, 15) is 0 Å². The molecule has 0 unspecified atom stereocenters. The quantitative estimate of drug-likeness (QED) is 0.789. The van der Waals surface area contributed by atoms with Gasteiger partial charge in [0.05, 0.1) is 12.2 Å². The zero-order valence-electron chi connectivity index (χ0n) is 13.2. The molecule has 0 atom stereocenters. The van der Waals surface area contributed by atoms with Gasteiger partial charge in [0.1, 0.15) is 0 Å². The van der Waals surface area contributed by atoms with Crippen LogP contribution in [0.4, 0.5) is 0 Å². The maximum Gasteiger partial charge on any atom is 0.0753 e. The van der Waals surface area contributed by atoms with E-state index in [0.717, 1.165) is 45.2 Å². The molecule has 3 nitrogen and oxygen atoms in total. The number of rotatable bonds is 6. The van der Waals surface area contributed by atoms with E-state index < -0.39 is 0 Å². The van der Waals surface area contributed by atoms with Crippen molar-refractivity contribution in [2.75, 3.05) is 39.3 Å². The van der Waals surface area contributed by atoms with E-state index in [1.165, 1.54) is 0 Å². The summed E-state index contributed by atoms with van der Waals surface area (Å²) in [7, 11) is 0. The molecule has 3 heteroatoms. The van der Waals surface area contributed by atoms with Crippen molar-refractivity contribution in [2.45, 2.75) is 47.1 Å². The molecule has 0 aromatic rings. The lowest BCUT2D eigenvalue weighted by Crippen LogP contribution is -2.52. The van der Waals surface area contributed by atoms with Crippen molar-refractivity contribution >= 4 is 0 Å². The molecule has 0 amide bonds. The number of ether oxygens (including phenoxy) is 1. The molecular weight excluding hydrogens is 224 g/mol. The number of morpholine rings is 1. The fraction of sp³-hybridized carbons (Fsp3) is 1.00. The molecule has 18 heavy (non-hydrogen) atoms. The third-order valence-corrected chi connectivity index (χ3v) is 3.31. The summed E-state index contributed by atoms with van der Waals surface area (Å²) in [6.07, 6.45) is 0. The number of hydrogen-bond acceptors (Lipinski definition) is 3. The van der Waals surface area contributed by atoms with Gasteiger partial charge in [0.2, 0.25) is 0 Å². The summed E-state index contributed by atoms with van der Waals surface area (Å²) in [6, 6.07) is 0. The summed E-state index contributed by atoms with van der Waals surface area (Å²) in [5.41, 5.74) is 0.335. The molecule has 1 aliphatic heterocycles. The summed E-state index contributed by atoms with van der Waals surface area (Å²) in [5, 5.41) is 3.58. The first-order valence-electron chi connectivity index (χ1n) is 7.27. The molecule has 1 rings (SSSR count). The Morgan fingerprint density at radius 1 is 1.33 bits per heavy atom. The number of hydrogen-bond donors (Lipinski definition) is 1. The second kappa shape index (κ2) is 6.36. The Bertz CT molecular complexity index is 249. The summed E-state index contributed by atoms with van der Waals surface area (Å²) < 4.78 is 5.77. The number of nitrogens with zero attached hydrogens (tertiary/aromatic N) is 1. The molecule has 0 aliphatic carbocycles. The van der Waals surface area contributed by atoms with E-state index in [-0.39, 0.29) is 5.60 Å². The normalized spacial score (nSPS) is 21.5. The summed E-state index contributed by atoms with van der Waals surface area (Å²) in [5.74, 6) is 0.725. The van der Waals surface area contributed by atoms with E-state index >= 15 is 0 Å². The molecular formula is C15H32N2O. The molecule has 1 aliphatic rings. The minimum absolute atomic E-state index is 0.0136. The van der Waals surface area contributed by atoms with Gasteiger partial charge in [-0.2, -0.15) is 0 Å². The Kier molecular flexibility index (Phi) is 5.63. The molecule has 1 heterocycles. The first-order chi connectivity index (χ1) is 8.20. The monoisotopic (exact) mass is 256 g/mol. The van der Waals surface area contributed by atoms with Crippen molar-refractivity contribution in [2.24, 2.45) is 11.3 Å². The Hall–Kier alpha value is -0.120. The van der Waals surface area contributed by atoms with E-state index in [2.05, 4.69) is 51.8 Å². The van der Waals surface area contributed by atoms with Gasteiger partial charge in [0, 0.05) is 26.2 Å².